The Hall–Kier alpha value is -3.27. The number of furan rings is 1. The Kier molecular flexibility index (Phi) is 13.4. The van der Waals surface area contributed by atoms with Gasteiger partial charge >= 0.3 is 0 Å². The molecule has 46 heavy (non-hydrogen) atoms. The number of fused-ring (bicyclic) bond motifs is 4. The predicted molar refractivity (Wildman–Crippen MR) is 190 cm³/mol. The van der Waals surface area contributed by atoms with Gasteiger partial charge in [0.2, 0.25) is 0 Å². The van der Waals surface area contributed by atoms with E-state index in [0.717, 1.165) is 82.7 Å². The van der Waals surface area contributed by atoms with Crippen molar-refractivity contribution in [2.45, 2.75) is 99.3 Å². The van der Waals surface area contributed by atoms with Crippen LogP contribution in [0.2, 0.25) is 0 Å². The summed E-state index contributed by atoms with van der Waals surface area (Å²) >= 11 is 0. The summed E-state index contributed by atoms with van der Waals surface area (Å²) < 4.78 is 6.28. The van der Waals surface area contributed by atoms with E-state index < -0.39 is 0 Å². The smallest absolute Gasteiger partial charge is 0.162 e. The maximum Gasteiger partial charge on any atom is 0.162 e. The van der Waals surface area contributed by atoms with Gasteiger partial charge in [0.1, 0.15) is 5.58 Å². The van der Waals surface area contributed by atoms with E-state index in [1.165, 1.54) is 17.0 Å². The van der Waals surface area contributed by atoms with Crippen molar-refractivity contribution in [1.29, 1.82) is 0 Å². The first-order chi connectivity index (χ1) is 21.6. The molecule has 0 saturated heterocycles. The van der Waals surface area contributed by atoms with Gasteiger partial charge in [0.15, 0.2) is 5.78 Å². The molecule has 0 saturated carbocycles. The van der Waals surface area contributed by atoms with Crippen LogP contribution in [-0.2, 0) is 30.3 Å². The first-order valence-electron chi connectivity index (χ1n) is 16.8. The maximum atomic E-state index is 11.7. The topological polar surface area (TPSA) is 63.3 Å². The molecule has 1 N–H and O–H groups in total. The van der Waals surface area contributed by atoms with Gasteiger partial charge in [-0.25, -0.2) is 0 Å². The third-order valence-electron chi connectivity index (χ3n) is 9.88. The number of para-hydroxylation sites is 1. The number of rotatable bonds is 11. The Morgan fingerprint density at radius 1 is 0.891 bits per heavy atom. The summed E-state index contributed by atoms with van der Waals surface area (Å²) in [5.74, 6) is 0.547. The first kappa shape index (κ1) is 37.2. The monoisotopic (exact) mass is 797 g/mol. The summed E-state index contributed by atoms with van der Waals surface area (Å²) in [6.45, 7) is 17.0. The van der Waals surface area contributed by atoms with Gasteiger partial charge in [0, 0.05) is 49.6 Å². The molecule has 0 amide bonds. The van der Waals surface area contributed by atoms with Crippen LogP contribution in [0.4, 0.5) is 0 Å². The van der Waals surface area contributed by atoms with Crippen LogP contribution >= 0.6 is 0 Å². The number of aliphatic hydroxyl groups is 1. The van der Waals surface area contributed by atoms with Crippen molar-refractivity contribution in [2.24, 2.45) is 11.8 Å². The minimum absolute atomic E-state index is 0. The van der Waals surface area contributed by atoms with Crippen LogP contribution in [0.5, 0.6) is 0 Å². The molecule has 0 bridgehead atoms. The molecule has 4 nitrogen and oxygen atoms in total. The van der Waals surface area contributed by atoms with Crippen LogP contribution in [0.1, 0.15) is 98.1 Å². The van der Waals surface area contributed by atoms with Crippen LogP contribution in [0.25, 0.3) is 44.0 Å². The maximum absolute atomic E-state index is 11.7. The van der Waals surface area contributed by atoms with Gasteiger partial charge in [-0.15, -0.1) is 17.7 Å². The molecule has 0 spiro atoms. The second-order valence-electron chi connectivity index (χ2n) is 12.5. The van der Waals surface area contributed by atoms with Crippen molar-refractivity contribution in [3.05, 3.63) is 89.8 Å². The van der Waals surface area contributed by atoms with Crippen LogP contribution < -0.4 is 0 Å². The van der Waals surface area contributed by atoms with Gasteiger partial charge in [-0.05, 0) is 78.1 Å². The SMILES string of the molecule is CCC(C)(CC)c1ccc2c(-c3[c-]c(C)cc4c3oc3ccccc34)nccc2c1.CCC(CC)C(=O)/C=C(\O)C(CC)CC.[Ir]. The summed E-state index contributed by atoms with van der Waals surface area (Å²) in [6.07, 6.45) is 9.06. The molecule has 247 valence electrons. The third kappa shape index (κ3) is 7.81. The molecule has 0 atom stereocenters. The Bertz CT molecular complexity index is 1790. The van der Waals surface area contributed by atoms with Gasteiger partial charge in [-0.1, -0.05) is 103 Å². The predicted octanol–water partition coefficient (Wildman–Crippen LogP) is 11.9. The largest absolute Gasteiger partial charge is 0.512 e. The van der Waals surface area contributed by atoms with E-state index in [4.69, 9.17) is 9.40 Å². The number of nitrogens with zero attached hydrogens (tertiary/aromatic N) is 1. The number of aromatic nitrogens is 1. The van der Waals surface area contributed by atoms with E-state index in [1.807, 2.05) is 46.0 Å². The average molecular weight is 797 g/mol. The molecule has 2 heterocycles. The van der Waals surface area contributed by atoms with Crippen molar-refractivity contribution in [3.63, 3.8) is 0 Å². The summed E-state index contributed by atoms with van der Waals surface area (Å²) in [4.78, 5) is 16.5. The summed E-state index contributed by atoms with van der Waals surface area (Å²) in [5, 5.41) is 14.4. The number of aryl methyl sites for hydroxylation is 1. The summed E-state index contributed by atoms with van der Waals surface area (Å²) in [6, 6.07) is 22.8. The number of hydrogen-bond acceptors (Lipinski definition) is 4. The van der Waals surface area contributed by atoms with Gasteiger partial charge < -0.3 is 14.5 Å². The molecule has 3 aromatic carbocycles. The first-order valence-corrected chi connectivity index (χ1v) is 16.8. The molecular formula is C41H50IrNO3-. The van der Waals surface area contributed by atoms with Crippen LogP contribution in [-0.4, -0.2) is 15.9 Å². The molecule has 0 unspecified atom stereocenters. The van der Waals surface area contributed by atoms with Gasteiger partial charge in [0.05, 0.1) is 11.3 Å². The van der Waals surface area contributed by atoms with Crippen molar-refractivity contribution in [1.82, 2.24) is 4.98 Å². The van der Waals surface area contributed by atoms with Crippen molar-refractivity contribution < 1.29 is 34.4 Å². The normalized spacial score (nSPS) is 12.1. The number of allylic oxidation sites excluding steroid dienone is 2. The molecule has 0 fully saturated rings. The van der Waals surface area contributed by atoms with Gasteiger partial charge in [-0.3, -0.25) is 4.79 Å². The van der Waals surface area contributed by atoms with Crippen LogP contribution in [0, 0.1) is 24.8 Å². The van der Waals surface area contributed by atoms with E-state index >= 15 is 0 Å². The van der Waals surface area contributed by atoms with E-state index in [9.17, 15) is 9.90 Å². The number of ketones is 1. The van der Waals surface area contributed by atoms with Crippen LogP contribution in [0.3, 0.4) is 0 Å². The number of pyridine rings is 1. The van der Waals surface area contributed by atoms with Crippen molar-refractivity contribution in [3.8, 4) is 11.3 Å². The molecular weight excluding hydrogens is 747 g/mol. The zero-order valence-electron chi connectivity index (χ0n) is 28.8. The molecule has 1 radical (unpaired) electrons. The Morgan fingerprint density at radius 2 is 1.54 bits per heavy atom. The molecule has 2 aromatic heterocycles. The fraction of sp³-hybridized carbons (Fsp3) is 0.415. The molecule has 0 aliphatic heterocycles. The van der Waals surface area contributed by atoms with E-state index in [-0.39, 0.29) is 48.9 Å². The quantitative estimate of drug-likeness (QED) is 0.0821. The number of benzene rings is 3. The zero-order chi connectivity index (χ0) is 32.7. The van der Waals surface area contributed by atoms with Crippen molar-refractivity contribution in [2.75, 3.05) is 0 Å². The average Bonchev–Trinajstić information content (AvgIpc) is 3.43. The number of carbonyl (C=O) groups excluding carboxylic acids is 1. The Labute approximate surface area is 289 Å². The Balaban J connectivity index is 0.000000309. The minimum atomic E-state index is 0. The number of carbonyl (C=O) groups is 1. The van der Waals surface area contributed by atoms with Crippen LogP contribution in [0.15, 0.2) is 77.0 Å². The molecule has 0 aliphatic rings. The third-order valence-corrected chi connectivity index (χ3v) is 9.88. The van der Waals surface area contributed by atoms with E-state index in [1.54, 1.807) is 0 Å². The summed E-state index contributed by atoms with van der Waals surface area (Å²) in [7, 11) is 0. The molecule has 5 aromatic rings. The van der Waals surface area contributed by atoms with Gasteiger partial charge in [-0.2, -0.15) is 0 Å². The summed E-state index contributed by atoms with van der Waals surface area (Å²) in [5.41, 5.74) is 6.30. The Morgan fingerprint density at radius 3 is 2.17 bits per heavy atom. The second kappa shape index (κ2) is 16.5. The zero-order valence-corrected chi connectivity index (χ0v) is 31.2. The number of hydrogen-bond donors (Lipinski definition) is 1. The fourth-order valence-electron chi connectivity index (χ4n) is 6.26. The second-order valence-corrected chi connectivity index (χ2v) is 12.5. The molecule has 5 heteroatoms. The minimum Gasteiger partial charge on any atom is -0.512 e. The standard InChI is InChI=1S/C28H26NO.C13H24O2.Ir/c1-5-28(4,6-2)20-11-12-21-19(17-20)13-14-29-26(21)24-16-18(3)15-23-22-9-7-8-10-25(22)30-27(23)24;1-5-10(6-2)12(14)9-13(15)11(7-3)8-4;/h7-15,17H,5-6H2,1-4H3;9-11,14H,5-8H2,1-4H3;/q-1;;/b;12-9-;. The van der Waals surface area contributed by atoms with Crippen molar-refractivity contribution >= 4 is 38.5 Å². The van der Waals surface area contributed by atoms with E-state index in [2.05, 4.69) is 76.2 Å². The number of aliphatic hydroxyl groups excluding tert-OH is 1. The van der Waals surface area contributed by atoms with E-state index in [0.29, 0.717) is 0 Å². The fourth-order valence-corrected chi connectivity index (χ4v) is 6.26. The molecule has 0 aliphatic carbocycles. The molecule has 5 rings (SSSR count). The van der Waals surface area contributed by atoms with Gasteiger partial charge in [0.25, 0.3) is 0 Å².